The monoisotopic (exact) mass is 423 g/mol. The van der Waals surface area contributed by atoms with Gasteiger partial charge in [-0.05, 0) is 60.6 Å². The van der Waals surface area contributed by atoms with Gasteiger partial charge in [0.05, 0.1) is 17.8 Å². The Morgan fingerprint density at radius 1 is 1.26 bits per heavy atom. The molecular formula is C17H18IN3O2. The van der Waals surface area contributed by atoms with Gasteiger partial charge in [0.15, 0.2) is 0 Å². The van der Waals surface area contributed by atoms with Gasteiger partial charge in [0.1, 0.15) is 6.10 Å². The number of carbonyl (C=O) groups is 1. The summed E-state index contributed by atoms with van der Waals surface area (Å²) < 4.78 is 6.86. The lowest BCUT2D eigenvalue weighted by Gasteiger charge is -2.32. The molecular weight excluding hydrogens is 405 g/mol. The van der Waals surface area contributed by atoms with Crippen LogP contribution in [0.2, 0.25) is 0 Å². The first kappa shape index (κ1) is 16.2. The normalized spacial score (nSPS) is 17.8. The molecule has 1 aromatic heterocycles. The third kappa shape index (κ3) is 3.99. The Balaban J connectivity index is 1.67. The zero-order chi connectivity index (χ0) is 16.2. The lowest BCUT2D eigenvalue weighted by Crippen LogP contribution is -2.44. The molecule has 5 nitrogen and oxygen atoms in total. The van der Waals surface area contributed by atoms with Gasteiger partial charge in [-0.3, -0.25) is 4.79 Å². The van der Waals surface area contributed by atoms with E-state index in [4.69, 9.17) is 4.74 Å². The average Bonchev–Trinajstić information content (AvgIpc) is 2.57. The number of amides is 1. The molecule has 23 heavy (non-hydrogen) atoms. The molecule has 1 aliphatic heterocycles. The molecule has 0 N–H and O–H groups in total. The number of hydrogen-bond donors (Lipinski definition) is 0. The number of piperidine rings is 1. The third-order valence-corrected chi connectivity index (χ3v) is 4.77. The van der Waals surface area contributed by atoms with Crippen molar-refractivity contribution >= 4 is 28.5 Å². The van der Waals surface area contributed by atoms with Crippen LogP contribution in [0.5, 0.6) is 5.88 Å². The second-order valence-electron chi connectivity index (χ2n) is 5.63. The number of carbonyl (C=O) groups excluding carboxylic acids is 1. The molecule has 6 heteroatoms. The van der Waals surface area contributed by atoms with Gasteiger partial charge in [0.25, 0.3) is 5.91 Å². The number of nitrogens with zero attached hydrogens (tertiary/aromatic N) is 3. The van der Waals surface area contributed by atoms with E-state index in [0.717, 1.165) is 34.2 Å². The van der Waals surface area contributed by atoms with Crippen LogP contribution in [0.3, 0.4) is 0 Å². The van der Waals surface area contributed by atoms with Crippen LogP contribution in [0.4, 0.5) is 0 Å². The van der Waals surface area contributed by atoms with Crippen molar-refractivity contribution in [3.63, 3.8) is 0 Å². The lowest BCUT2D eigenvalue weighted by molar-refractivity contribution is 0.0524. The molecule has 1 unspecified atom stereocenters. The van der Waals surface area contributed by atoms with Crippen molar-refractivity contribution in [2.45, 2.75) is 25.9 Å². The standard InChI is InChI=1S/C17H18IN3O2/c1-12-8-9-16(20-19-12)23-13-5-4-10-21(11-13)17(22)14-6-2-3-7-15(14)18/h2-3,6-9,13H,4-5,10-11H2,1H3. The highest BCUT2D eigenvalue weighted by molar-refractivity contribution is 14.1. The van der Waals surface area contributed by atoms with Gasteiger partial charge in [0.2, 0.25) is 5.88 Å². The Kier molecular flexibility index (Phi) is 5.09. The molecule has 1 atom stereocenters. The highest BCUT2D eigenvalue weighted by Crippen LogP contribution is 2.20. The Hall–Kier alpha value is -1.70. The number of hydrogen-bond acceptors (Lipinski definition) is 4. The summed E-state index contributed by atoms with van der Waals surface area (Å²) in [7, 11) is 0. The Labute approximate surface area is 149 Å². The predicted octanol–water partition coefficient (Wildman–Crippen LogP) is 3.07. The number of rotatable bonds is 3. The summed E-state index contributed by atoms with van der Waals surface area (Å²) >= 11 is 2.20. The first-order valence-corrected chi connectivity index (χ1v) is 8.72. The molecule has 1 amide bonds. The molecule has 3 rings (SSSR count). The van der Waals surface area contributed by atoms with Gasteiger partial charge >= 0.3 is 0 Å². The summed E-state index contributed by atoms with van der Waals surface area (Å²) in [5, 5.41) is 8.04. The number of halogens is 1. The maximum atomic E-state index is 12.7. The molecule has 1 aliphatic rings. The summed E-state index contributed by atoms with van der Waals surface area (Å²) in [4.78, 5) is 14.6. The van der Waals surface area contributed by atoms with E-state index in [2.05, 4.69) is 32.8 Å². The van der Waals surface area contributed by atoms with Gasteiger partial charge in [-0.1, -0.05) is 12.1 Å². The first-order valence-electron chi connectivity index (χ1n) is 7.64. The Morgan fingerprint density at radius 3 is 2.83 bits per heavy atom. The van der Waals surface area contributed by atoms with E-state index in [1.807, 2.05) is 48.2 Å². The van der Waals surface area contributed by atoms with Crippen molar-refractivity contribution in [2.24, 2.45) is 0 Å². The maximum Gasteiger partial charge on any atom is 0.255 e. The summed E-state index contributed by atoms with van der Waals surface area (Å²) in [6.07, 6.45) is 1.82. The van der Waals surface area contributed by atoms with Crippen molar-refractivity contribution in [2.75, 3.05) is 13.1 Å². The molecule has 0 bridgehead atoms. The van der Waals surface area contributed by atoms with E-state index in [0.29, 0.717) is 12.4 Å². The van der Waals surface area contributed by atoms with Crippen LogP contribution >= 0.6 is 22.6 Å². The number of aryl methyl sites for hydroxylation is 1. The van der Waals surface area contributed by atoms with Crippen LogP contribution in [0.1, 0.15) is 28.9 Å². The SMILES string of the molecule is Cc1ccc(OC2CCCN(C(=O)c3ccccc3I)C2)nn1. The lowest BCUT2D eigenvalue weighted by atomic mass is 10.1. The van der Waals surface area contributed by atoms with Crippen LogP contribution in [0.25, 0.3) is 0 Å². The van der Waals surface area contributed by atoms with Gasteiger partial charge in [0, 0.05) is 16.2 Å². The highest BCUT2D eigenvalue weighted by Gasteiger charge is 2.26. The fourth-order valence-corrected chi connectivity index (χ4v) is 3.26. The smallest absolute Gasteiger partial charge is 0.255 e. The predicted molar refractivity (Wildman–Crippen MR) is 95.5 cm³/mol. The van der Waals surface area contributed by atoms with Crippen molar-refractivity contribution in [1.82, 2.24) is 15.1 Å². The fraction of sp³-hybridized carbons (Fsp3) is 0.353. The number of aromatic nitrogens is 2. The summed E-state index contributed by atoms with van der Waals surface area (Å²) in [5.41, 5.74) is 1.61. The number of ether oxygens (including phenoxy) is 1. The maximum absolute atomic E-state index is 12.7. The molecule has 0 spiro atoms. The largest absolute Gasteiger partial charge is 0.471 e. The second kappa shape index (κ2) is 7.25. The molecule has 2 heterocycles. The molecule has 2 aromatic rings. The van der Waals surface area contributed by atoms with Crippen LogP contribution in [0, 0.1) is 10.5 Å². The number of likely N-dealkylation sites (tertiary alicyclic amines) is 1. The zero-order valence-electron chi connectivity index (χ0n) is 12.9. The van der Waals surface area contributed by atoms with Crippen LogP contribution in [0.15, 0.2) is 36.4 Å². The molecule has 0 radical (unpaired) electrons. The van der Waals surface area contributed by atoms with Crippen LogP contribution in [-0.2, 0) is 0 Å². The van der Waals surface area contributed by atoms with E-state index in [9.17, 15) is 4.79 Å². The van der Waals surface area contributed by atoms with E-state index in [1.54, 1.807) is 0 Å². The van der Waals surface area contributed by atoms with Crippen LogP contribution < -0.4 is 4.74 Å². The van der Waals surface area contributed by atoms with Gasteiger partial charge < -0.3 is 9.64 Å². The molecule has 1 saturated heterocycles. The van der Waals surface area contributed by atoms with E-state index in [-0.39, 0.29) is 12.0 Å². The molecule has 0 saturated carbocycles. The van der Waals surface area contributed by atoms with Gasteiger partial charge in [-0.2, -0.15) is 5.10 Å². The minimum atomic E-state index is -0.0360. The van der Waals surface area contributed by atoms with Gasteiger partial charge in [-0.25, -0.2) is 0 Å². The Morgan fingerprint density at radius 2 is 2.09 bits per heavy atom. The van der Waals surface area contributed by atoms with E-state index >= 15 is 0 Å². The molecule has 1 fully saturated rings. The number of benzene rings is 1. The van der Waals surface area contributed by atoms with Crippen molar-refractivity contribution in [3.05, 3.63) is 51.2 Å². The minimum absolute atomic E-state index is 0.0360. The second-order valence-corrected chi connectivity index (χ2v) is 6.79. The van der Waals surface area contributed by atoms with Crippen molar-refractivity contribution in [3.8, 4) is 5.88 Å². The van der Waals surface area contributed by atoms with E-state index < -0.39 is 0 Å². The Bertz CT molecular complexity index is 690. The summed E-state index contributed by atoms with van der Waals surface area (Å²) in [6, 6.07) is 11.4. The topological polar surface area (TPSA) is 55.3 Å². The van der Waals surface area contributed by atoms with Crippen molar-refractivity contribution < 1.29 is 9.53 Å². The summed E-state index contributed by atoms with van der Waals surface area (Å²) in [5.74, 6) is 0.586. The summed E-state index contributed by atoms with van der Waals surface area (Å²) in [6.45, 7) is 3.24. The average molecular weight is 423 g/mol. The van der Waals surface area contributed by atoms with E-state index in [1.165, 1.54) is 0 Å². The quantitative estimate of drug-likeness (QED) is 0.713. The van der Waals surface area contributed by atoms with Gasteiger partial charge in [-0.15, -0.1) is 5.10 Å². The molecule has 120 valence electrons. The molecule has 1 aromatic carbocycles. The third-order valence-electron chi connectivity index (χ3n) is 3.83. The fourth-order valence-electron chi connectivity index (χ4n) is 2.64. The zero-order valence-corrected chi connectivity index (χ0v) is 15.1. The minimum Gasteiger partial charge on any atom is -0.471 e. The highest BCUT2D eigenvalue weighted by atomic mass is 127. The first-order chi connectivity index (χ1) is 11.1. The molecule has 0 aliphatic carbocycles. The van der Waals surface area contributed by atoms with Crippen molar-refractivity contribution in [1.29, 1.82) is 0 Å². The van der Waals surface area contributed by atoms with Crippen LogP contribution in [-0.4, -0.2) is 40.2 Å².